The van der Waals surface area contributed by atoms with E-state index < -0.39 is 13.8 Å². The molecule has 5 nitrogen and oxygen atoms in total. The number of carbonyl (C=O) groups is 1. The van der Waals surface area contributed by atoms with Gasteiger partial charge in [0.25, 0.3) is 0 Å². The molecule has 0 aromatic carbocycles. The van der Waals surface area contributed by atoms with Gasteiger partial charge in [0.2, 0.25) is 0 Å². The molecule has 0 radical (unpaired) electrons. The van der Waals surface area contributed by atoms with Gasteiger partial charge in [-0.15, -0.1) is 0 Å². The van der Waals surface area contributed by atoms with E-state index in [-0.39, 0.29) is 5.57 Å². The molecular formula is C4H7O5P. The minimum absolute atomic E-state index is 0.0525. The van der Waals surface area contributed by atoms with Crippen LogP contribution in [0.3, 0.4) is 0 Å². The summed E-state index contributed by atoms with van der Waals surface area (Å²) < 4.78 is 13.6. The van der Waals surface area contributed by atoms with Gasteiger partial charge >= 0.3 is 13.8 Å². The molecule has 0 aliphatic rings. The zero-order valence-corrected chi connectivity index (χ0v) is 6.17. The van der Waals surface area contributed by atoms with Crippen LogP contribution >= 0.6 is 7.82 Å². The zero-order chi connectivity index (χ0) is 8.36. The van der Waals surface area contributed by atoms with Crippen molar-refractivity contribution in [1.82, 2.24) is 0 Å². The van der Waals surface area contributed by atoms with E-state index >= 15 is 0 Å². The van der Waals surface area contributed by atoms with Crippen LogP contribution in [0.15, 0.2) is 12.2 Å². The third-order valence-corrected chi connectivity index (χ3v) is 0.954. The summed E-state index contributed by atoms with van der Waals surface area (Å²) in [7, 11) is -4.69. The molecule has 0 heterocycles. The Labute approximate surface area is 57.6 Å². The number of rotatable bonds is 2. The summed E-state index contributed by atoms with van der Waals surface area (Å²) in [6.07, 6.45) is 0. The topological polar surface area (TPSA) is 83.8 Å². The summed E-state index contributed by atoms with van der Waals surface area (Å²) >= 11 is 0. The molecule has 58 valence electrons. The van der Waals surface area contributed by atoms with Crippen molar-refractivity contribution in [3.8, 4) is 0 Å². The Morgan fingerprint density at radius 2 is 2.00 bits per heavy atom. The third-order valence-electron chi connectivity index (χ3n) is 0.550. The maximum Gasteiger partial charge on any atom is 0.527 e. The fourth-order valence-electron chi connectivity index (χ4n) is 0.186. The predicted octanol–water partition coefficient (Wildman–Crippen LogP) is 0.198. The molecule has 0 aromatic rings. The molecule has 0 aliphatic carbocycles. The second-order valence-corrected chi connectivity index (χ2v) is 2.81. The molecule has 0 atom stereocenters. The van der Waals surface area contributed by atoms with Crippen molar-refractivity contribution in [3.63, 3.8) is 0 Å². The lowest BCUT2D eigenvalue weighted by molar-refractivity contribution is -0.131. The summed E-state index contributed by atoms with van der Waals surface area (Å²) in [5.74, 6) is -1.09. The van der Waals surface area contributed by atoms with Gasteiger partial charge in [-0.1, -0.05) is 6.58 Å². The molecule has 0 aromatic heterocycles. The van der Waals surface area contributed by atoms with Crippen LogP contribution in [0.4, 0.5) is 0 Å². The van der Waals surface area contributed by atoms with Crippen molar-refractivity contribution in [2.24, 2.45) is 0 Å². The van der Waals surface area contributed by atoms with Crippen LogP contribution in [-0.2, 0) is 13.9 Å². The van der Waals surface area contributed by atoms with Gasteiger partial charge in [-0.05, 0) is 6.92 Å². The average molecular weight is 166 g/mol. The highest BCUT2D eigenvalue weighted by Gasteiger charge is 2.20. The zero-order valence-electron chi connectivity index (χ0n) is 5.27. The summed E-state index contributed by atoms with van der Waals surface area (Å²) in [4.78, 5) is 26.5. The second-order valence-electron chi connectivity index (χ2n) is 1.65. The van der Waals surface area contributed by atoms with Gasteiger partial charge in [0.05, 0.1) is 0 Å². The number of hydrogen-bond donors (Lipinski definition) is 2. The minimum Gasteiger partial charge on any atom is -0.367 e. The van der Waals surface area contributed by atoms with Gasteiger partial charge in [0, 0.05) is 5.57 Å². The van der Waals surface area contributed by atoms with Crippen LogP contribution < -0.4 is 0 Å². The Morgan fingerprint density at radius 1 is 1.60 bits per heavy atom. The summed E-state index contributed by atoms with van der Waals surface area (Å²) in [5, 5.41) is 0. The van der Waals surface area contributed by atoms with Crippen LogP contribution in [-0.4, -0.2) is 15.8 Å². The smallest absolute Gasteiger partial charge is 0.367 e. The van der Waals surface area contributed by atoms with Crippen LogP contribution in [0.2, 0.25) is 0 Å². The molecule has 0 fully saturated rings. The van der Waals surface area contributed by atoms with E-state index in [1.54, 1.807) is 0 Å². The molecule has 0 aliphatic heterocycles. The maximum atomic E-state index is 10.3. The Morgan fingerprint density at radius 3 is 2.10 bits per heavy atom. The Kier molecular flexibility index (Phi) is 2.77. The van der Waals surface area contributed by atoms with Crippen molar-refractivity contribution < 1.29 is 23.7 Å². The van der Waals surface area contributed by atoms with Crippen molar-refractivity contribution in [2.75, 3.05) is 0 Å². The fourth-order valence-corrected chi connectivity index (χ4v) is 0.558. The average Bonchev–Trinajstić information content (AvgIpc) is 1.60. The lowest BCUT2D eigenvalue weighted by Gasteiger charge is -2.02. The van der Waals surface area contributed by atoms with Gasteiger partial charge < -0.3 is 4.52 Å². The SMILES string of the molecule is C=C(C)C(=O)OP(=O)(O)O. The third kappa shape index (κ3) is 4.26. The first-order valence-electron chi connectivity index (χ1n) is 2.28. The predicted molar refractivity (Wildman–Crippen MR) is 33.0 cm³/mol. The summed E-state index contributed by atoms with van der Waals surface area (Å²) in [6, 6.07) is 0. The van der Waals surface area contributed by atoms with Gasteiger partial charge in [-0.2, -0.15) is 0 Å². The van der Waals surface area contributed by atoms with Gasteiger partial charge in [0.15, 0.2) is 0 Å². The van der Waals surface area contributed by atoms with Crippen molar-refractivity contribution >= 4 is 13.8 Å². The van der Waals surface area contributed by atoms with Gasteiger partial charge in [0.1, 0.15) is 0 Å². The molecule has 0 rings (SSSR count). The van der Waals surface area contributed by atoms with E-state index in [4.69, 9.17) is 9.79 Å². The Balaban J connectivity index is 4.07. The largest absolute Gasteiger partial charge is 0.527 e. The van der Waals surface area contributed by atoms with Gasteiger partial charge in [-0.3, -0.25) is 9.79 Å². The minimum atomic E-state index is -4.69. The Hall–Kier alpha value is -0.640. The number of carbonyl (C=O) groups excluding carboxylic acids is 1. The van der Waals surface area contributed by atoms with Crippen LogP contribution in [0.5, 0.6) is 0 Å². The first-order chi connectivity index (χ1) is 4.33. The first-order valence-corrected chi connectivity index (χ1v) is 3.81. The quantitative estimate of drug-likeness (QED) is 0.452. The first kappa shape index (κ1) is 9.36. The molecule has 0 saturated carbocycles. The molecule has 6 heteroatoms. The number of phosphoric ester groups is 1. The summed E-state index contributed by atoms with van der Waals surface area (Å²) in [6.45, 7) is 4.41. The lowest BCUT2D eigenvalue weighted by Crippen LogP contribution is -2.01. The van der Waals surface area contributed by atoms with E-state index in [1.165, 1.54) is 6.92 Å². The van der Waals surface area contributed by atoms with Crippen molar-refractivity contribution in [1.29, 1.82) is 0 Å². The van der Waals surface area contributed by atoms with Crippen molar-refractivity contribution in [3.05, 3.63) is 12.2 Å². The number of hydrogen-bond acceptors (Lipinski definition) is 3. The maximum absolute atomic E-state index is 10.3. The highest BCUT2D eigenvalue weighted by atomic mass is 31.2. The lowest BCUT2D eigenvalue weighted by atomic mass is 10.4. The monoisotopic (exact) mass is 166 g/mol. The molecular weight excluding hydrogens is 159 g/mol. The number of phosphoric acid groups is 1. The van der Waals surface area contributed by atoms with E-state index in [1.807, 2.05) is 0 Å². The van der Waals surface area contributed by atoms with Crippen LogP contribution in [0.25, 0.3) is 0 Å². The standard InChI is InChI=1S/C4H7O5P/c1-3(2)4(5)9-10(6,7)8/h1H2,2H3,(H2,6,7,8). The molecule has 0 amide bonds. The highest BCUT2D eigenvalue weighted by Crippen LogP contribution is 2.36. The molecule has 0 unspecified atom stereocenters. The summed E-state index contributed by atoms with van der Waals surface area (Å²) in [5.41, 5.74) is -0.0525. The molecule has 2 N–H and O–H groups in total. The molecule has 10 heavy (non-hydrogen) atoms. The van der Waals surface area contributed by atoms with Crippen molar-refractivity contribution in [2.45, 2.75) is 6.92 Å². The van der Waals surface area contributed by atoms with E-state index in [0.29, 0.717) is 0 Å². The van der Waals surface area contributed by atoms with Gasteiger partial charge in [-0.25, -0.2) is 9.36 Å². The van der Waals surface area contributed by atoms with E-state index in [9.17, 15) is 9.36 Å². The van der Waals surface area contributed by atoms with E-state index in [2.05, 4.69) is 11.1 Å². The van der Waals surface area contributed by atoms with Crippen LogP contribution in [0, 0.1) is 0 Å². The molecule has 0 bridgehead atoms. The van der Waals surface area contributed by atoms with E-state index in [0.717, 1.165) is 0 Å². The highest BCUT2D eigenvalue weighted by molar-refractivity contribution is 7.46. The molecule has 0 spiro atoms. The second kappa shape index (κ2) is 2.96. The Bertz CT molecular complexity index is 202. The fraction of sp³-hybridized carbons (Fsp3) is 0.250. The van der Waals surface area contributed by atoms with Crippen LogP contribution in [0.1, 0.15) is 6.92 Å². The normalized spacial score (nSPS) is 10.7. The molecule has 0 saturated heterocycles.